The summed E-state index contributed by atoms with van der Waals surface area (Å²) in [5.41, 5.74) is 2.32. The summed E-state index contributed by atoms with van der Waals surface area (Å²) in [5, 5.41) is 0.728. The zero-order valence-corrected chi connectivity index (χ0v) is 18.6. The Bertz CT molecular complexity index is 826. The first-order chi connectivity index (χ1) is 14.4. The highest BCUT2D eigenvalue weighted by atomic mass is 35.5. The molecule has 162 valence electrons. The van der Waals surface area contributed by atoms with E-state index in [0.29, 0.717) is 6.54 Å². The molecule has 0 saturated carbocycles. The summed E-state index contributed by atoms with van der Waals surface area (Å²) in [7, 11) is 1.54. The molecule has 1 saturated heterocycles. The van der Waals surface area contributed by atoms with Crippen LogP contribution in [0.4, 0.5) is 4.39 Å². The summed E-state index contributed by atoms with van der Waals surface area (Å²) in [6.45, 7) is 7.35. The van der Waals surface area contributed by atoms with Crippen molar-refractivity contribution in [3.05, 3.63) is 70.5 Å². The molecular formula is C24H30ClFN2O2. The van der Waals surface area contributed by atoms with E-state index in [1.807, 2.05) is 55.1 Å². The average molecular weight is 433 g/mol. The van der Waals surface area contributed by atoms with Crippen molar-refractivity contribution in [2.45, 2.75) is 32.4 Å². The fourth-order valence-corrected chi connectivity index (χ4v) is 4.40. The van der Waals surface area contributed by atoms with E-state index >= 15 is 0 Å². The van der Waals surface area contributed by atoms with Crippen LogP contribution in [-0.4, -0.2) is 55.1 Å². The van der Waals surface area contributed by atoms with Gasteiger partial charge in [0.25, 0.3) is 0 Å². The second-order valence-electron chi connectivity index (χ2n) is 8.31. The molecule has 0 spiro atoms. The van der Waals surface area contributed by atoms with Crippen LogP contribution in [0.25, 0.3) is 0 Å². The van der Waals surface area contributed by atoms with Crippen LogP contribution in [0.5, 0.6) is 0 Å². The third-order valence-corrected chi connectivity index (χ3v) is 6.03. The van der Waals surface area contributed by atoms with Crippen molar-refractivity contribution in [2.75, 3.05) is 33.4 Å². The van der Waals surface area contributed by atoms with Crippen molar-refractivity contribution < 1.29 is 13.9 Å². The van der Waals surface area contributed by atoms with E-state index in [4.69, 9.17) is 16.3 Å². The molecule has 1 aliphatic heterocycles. The van der Waals surface area contributed by atoms with Gasteiger partial charge in [0.1, 0.15) is 12.4 Å². The molecule has 4 nitrogen and oxygen atoms in total. The van der Waals surface area contributed by atoms with Gasteiger partial charge in [-0.1, -0.05) is 35.9 Å². The lowest BCUT2D eigenvalue weighted by Gasteiger charge is -2.31. The Balaban J connectivity index is 1.80. The first-order valence-electron chi connectivity index (χ1n) is 10.4. The number of ether oxygens (including phenoxy) is 1. The van der Waals surface area contributed by atoms with Gasteiger partial charge in [0.2, 0.25) is 5.91 Å². The van der Waals surface area contributed by atoms with Crippen LogP contribution in [-0.2, 0) is 16.1 Å². The van der Waals surface area contributed by atoms with Gasteiger partial charge in [-0.15, -0.1) is 0 Å². The molecule has 1 heterocycles. The van der Waals surface area contributed by atoms with Gasteiger partial charge < -0.3 is 9.64 Å². The number of carbonyl (C=O) groups is 1. The molecule has 0 radical (unpaired) electrons. The molecule has 0 aromatic heterocycles. The minimum Gasteiger partial charge on any atom is -0.375 e. The minimum atomic E-state index is -0.231. The smallest absolute Gasteiger partial charge is 0.248 e. The van der Waals surface area contributed by atoms with Crippen LogP contribution < -0.4 is 0 Å². The largest absolute Gasteiger partial charge is 0.375 e. The Kier molecular flexibility index (Phi) is 7.87. The Morgan fingerprint density at radius 1 is 1.17 bits per heavy atom. The molecule has 30 heavy (non-hydrogen) atoms. The van der Waals surface area contributed by atoms with Gasteiger partial charge in [0.05, 0.1) is 0 Å². The molecule has 1 aliphatic rings. The van der Waals surface area contributed by atoms with Crippen LogP contribution in [0, 0.1) is 11.7 Å². The maximum Gasteiger partial charge on any atom is 0.248 e. The highest BCUT2D eigenvalue weighted by Crippen LogP contribution is 2.34. The second kappa shape index (κ2) is 10.4. The summed E-state index contributed by atoms with van der Waals surface area (Å²) in [6.07, 6.45) is 0. The summed E-state index contributed by atoms with van der Waals surface area (Å²) >= 11 is 6.02. The van der Waals surface area contributed by atoms with Crippen LogP contribution in [0.15, 0.2) is 48.5 Å². The van der Waals surface area contributed by atoms with E-state index in [1.54, 1.807) is 7.11 Å². The van der Waals surface area contributed by atoms with E-state index in [2.05, 4.69) is 4.90 Å². The molecule has 2 unspecified atom stereocenters. The number of rotatable bonds is 8. The zero-order valence-electron chi connectivity index (χ0n) is 17.9. The molecule has 1 fully saturated rings. The van der Waals surface area contributed by atoms with Gasteiger partial charge in [-0.3, -0.25) is 9.69 Å². The summed E-state index contributed by atoms with van der Waals surface area (Å²) in [6, 6.07) is 14.8. The fraction of sp³-hybridized carbons (Fsp3) is 0.458. The van der Waals surface area contributed by atoms with Gasteiger partial charge in [-0.05, 0) is 55.2 Å². The number of amides is 1. The van der Waals surface area contributed by atoms with Crippen molar-refractivity contribution >= 4 is 17.5 Å². The quantitative estimate of drug-likeness (QED) is 0.612. The Labute approximate surface area is 183 Å². The van der Waals surface area contributed by atoms with Crippen molar-refractivity contribution in [2.24, 2.45) is 5.92 Å². The Hall–Kier alpha value is -1.95. The lowest BCUT2D eigenvalue weighted by Crippen LogP contribution is -2.43. The van der Waals surface area contributed by atoms with E-state index in [-0.39, 0.29) is 36.2 Å². The molecular weight excluding hydrogens is 403 g/mol. The highest BCUT2D eigenvalue weighted by molar-refractivity contribution is 6.30. The minimum absolute atomic E-state index is 0.00140. The Morgan fingerprint density at radius 3 is 2.43 bits per heavy atom. The normalized spacial score (nSPS) is 19.4. The van der Waals surface area contributed by atoms with Gasteiger partial charge in [0, 0.05) is 50.3 Å². The van der Waals surface area contributed by atoms with Gasteiger partial charge in [-0.2, -0.15) is 0 Å². The molecule has 1 amide bonds. The summed E-state index contributed by atoms with van der Waals surface area (Å²) in [4.78, 5) is 16.9. The lowest BCUT2D eigenvalue weighted by atomic mass is 9.88. The first-order valence-corrected chi connectivity index (χ1v) is 10.8. The number of halogens is 2. The topological polar surface area (TPSA) is 32.8 Å². The number of nitrogens with zero attached hydrogens (tertiary/aromatic N) is 2. The van der Waals surface area contributed by atoms with Crippen molar-refractivity contribution in [3.63, 3.8) is 0 Å². The maximum atomic E-state index is 13.5. The van der Waals surface area contributed by atoms with Crippen molar-refractivity contribution in [3.8, 4) is 0 Å². The van der Waals surface area contributed by atoms with Crippen LogP contribution >= 0.6 is 11.6 Å². The molecule has 6 heteroatoms. The SMILES string of the molecule is COCC(=O)N(CC1CN(Cc2ccc(Cl)cc2)CC1c1ccc(F)cc1)C(C)C. The van der Waals surface area contributed by atoms with Crippen LogP contribution in [0.2, 0.25) is 5.02 Å². The molecule has 3 rings (SSSR count). The number of carbonyl (C=O) groups excluding carboxylic acids is 1. The second-order valence-corrected chi connectivity index (χ2v) is 8.75. The van der Waals surface area contributed by atoms with Crippen LogP contribution in [0.3, 0.4) is 0 Å². The average Bonchev–Trinajstić information content (AvgIpc) is 3.10. The predicted molar refractivity (Wildman–Crippen MR) is 118 cm³/mol. The van der Waals surface area contributed by atoms with E-state index in [9.17, 15) is 9.18 Å². The zero-order chi connectivity index (χ0) is 21.7. The molecule has 0 bridgehead atoms. The van der Waals surface area contributed by atoms with Crippen molar-refractivity contribution in [1.29, 1.82) is 0 Å². The maximum absolute atomic E-state index is 13.5. The highest BCUT2D eigenvalue weighted by Gasteiger charge is 2.36. The number of likely N-dealkylation sites (tertiary alicyclic amines) is 1. The molecule has 0 aliphatic carbocycles. The van der Waals surface area contributed by atoms with Gasteiger partial charge in [0.15, 0.2) is 0 Å². The third-order valence-electron chi connectivity index (χ3n) is 5.78. The first kappa shape index (κ1) is 22.7. The summed E-state index contributed by atoms with van der Waals surface area (Å²) in [5.74, 6) is 0.257. The van der Waals surface area contributed by atoms with E-state index < -0.39 is 0 Å². The Morgan fingerprint density at radius 2 is 1.83 bits per heavy atom. The predicted octanol–water partition coefficient (Wildman–Crippen LogP) is 4.58. The fourth-order valence-electron chi connectivity index (χ4n) is 4.27. The van der Waals surface area contributed by atoms with Crippen molar-refractivity contribution in [1.82, 2.24) is 9.80 Å². The standard InChI is InChI=1S/C24H30ClFN2O2/c1-17(2)28(24(29)16-30-3)14-20-13-27(12-18-4-8-21(25)9-5-18)15-23(20)19-6-10-22(26)11-7-19/h4-11,17,20,23H,12-16H2,1-3H3. The van der Waals surface area contributed by atoms with Gasteiger partial charge in [-0.25, -0.2) is 4.39 Å². The van der Waals surface area contributed by atoms with Crippen LogP contribution in [0.1, 0.15) is 30.9 Å². The third kappa shape index (κ3) is 5.81. The molecule has 0 N–H and O–H groups in total. The summed E-state index contributed by atoms with van der Waals surface area (Å²) < 4.78 is 18.6. The number of hydrogen-bond donors (Lipinski definition) is 0. The van der Waals surface area contributed by atoms with Gasteiger partial charge >= 0.3 is 0 Å². The van der Waals surface area contributed by atoms with E-state index in [1.165, 1.54) is 17.7 Å². The van der Waals surface area contributed by atoms with E-state index in [0.717, 1.165) is 30.2 Å². The molecule has 2 aromatic carbocycles. The molecule has 2 atom stereocenters. The molecule has 2 aromatic rings. The number of benzene rings is 2. The number of hydrogen-bond acceptors (Lipinski definition) is 3. The monoisotopic (exact) mass is 432 g/mol. The number of methoxy groups -OCH3 is 1. The lowest BCUT2D eigenvalue weighted by molar-refractivity contribution is -0.137.